The number of rotatable bonds is 7. The second kappa shape index (κ2) is 8.64. The number of nitrogens with zero attached hydrogens (tertiary/aromatic N) is 6. The molecule has 1 unspecified atom stereocenters. The van der Waals surface area contributed by atoms with Gasteiger partial charge in [-0.15, -0.1) is 0 Å². The summed E-state index contributed by atoms with van der Waals surface area (Å²) < 4.78 is 4.17. The van der Waals surface area contributed by atoms with E-state index in [9.17, 15) is 0 Å². The molecule has 0 aliphatic carbocycles. The van der Waals surface area contributed by atoms with Gasteiger partial charge in [-0.25, -0.2) is 14.6 Å². The Labute approximate surface area is 148 Å². The first-order chi connectivity index (χ1) is 12.3. The van der Waals surface area contributed by atoms with Gasteiger partial charge in [0.1, 0.15) is 18.0 Å². The van der Waals surface area contributed by atoms with Gasteiger partial charge in [0, 0.05) is 44.5 Å². The lowest BCUT2D eigenvalue weighted by Gasteiger charge is -2.25. The highest BCUT2D eigenvalue weighted by molar-refractivity contribution is 5.80. The summed E-state index contributed by atoms with van der Waals surface area (Å²) in [7, 11) is 0. The minimum absolute atomic E-state index is 0.348. The first-order valence-electron chi connectivity index (χ1n) is 9.15. The quantitative estimate of drug-likeness (QED) is 0.447. The normalized spacial score (nSPS) is 17.4. The zero-order valence-electron chi connectivity index (χ0n) is 15.1. The van der Waals surface area contributed by atoms with Crippen LogP contribution in [0.25, 0.3) is 0 Å². The molecule has 136 valence electrons. The SMILES string of the molecule is CCNC(=NCCCCn1ccnc1C)NC1CCc2ncnn2C1. The molecular weight excluding hydrogens is 316 g/mol. The Bertz CT molecular complexity index is 686. The summed E-state index contributed by atoms with van der Waals surface area (Å²) in [5, 5.41) is 11.2. The van der Waals surface area contributed by atoms with E-state index in [1.54, 1.807) is 6.33 Å². The average Bonchev–Trinajstić information content (AvgIpc) is 3.23. The van der Waals surface area contributed by atoms with Crippen molar-refractivity contribution in [3.05, 3.63) is 30.4 Å². The van der Waals surface area contributed by atoms with E-state index in [0.29, 0.717) is 6.04 Å². The fourth-order valence-corrected chi connectivity index (χ4v) is 3.09. The molecule has 3 rings (SSSR count). The molecule has 2 aromatic rings. The standard InChI is InChI=1S/C17H28N8/c1-3-18-17(20-8-4-5-10-24-11-9-19-14(24)2)23-15-6-7-16-21-13-22-25(16)12-15/h9,11,13,15H,3-8,10,12H2,1-2H3,(H2,18,20,23). The molecule has 0 radical (unpaired) electrons. The number of hydrogen-bond acceptors (Lipinski definition) is 4. The second-order valence-electron chi connectivity index (χ2n) is 6.37. The van der Waals surface area contributed by atoms with Crippen molar-refractivity contribution in [2.45, 2.75) is 58.7 Å². The Morgan fingerprint density at radius 3 is 3.08 bits per heavy atom. The predicted molar refractivity (Wildman–Crippen MR) is 97.4 cm³/mol. The molecular formula is C17H28N8. The molecule has 25 heavy (non-hydrogen) atoms. The van der Waals surface area contributed by atoms with Crippen LogP contribution in [0.5, 0.6) is 0 Å². The highest BCUT2D eigenvalue weighted by atomic mass is 15.4. The Morgan fingerprint density at radius 2 is 2.28 bits per heavy atom. The van der Waals surface area contributed by atoms with E-state index in [4.69, 9.17) is 4.99 Å². The molecule has 0 aromatic carbocycles. The third-order valence-electron chi connectivity index (χ3n) is 4.49. The first kappa shape index (κ1) is 17.4. The molecule has 8 heteroatoms. The van der Waals surface area contributed by atoms with Crippen LogP contribution in [0.2, 0.25) is 0 Å². The van der Waals surface area contributed by atoms with Crippen LogP contribution in [0.4, 0.5) is 0 Å². The van der Waals surface area contributed by atoms with Gasteiger partial charge in [-0.3, -0.25) is 4.99 Å². The van der Waals surface area contributed by atoms with Crippen LogP contribution in [-0.2, 0) is 19.5 Å². The second-order valence-corrected chi connectivity index (χ2v) is 6.37. The van der Waals surface area contributed by atoms with Gasteiger partial charge in [0.05, 0.1) is 6.54 Å². The van der Waals surface area contributed by atoms with E-state index < -0.39 is 0 Å². The molecule has 1 aliphatic heterocycles. The topological polar surface area (TPSA) is 84.9 Å². The third kappa shape index (κ3) is 4.80. The van der Waals surface area contributed by atoms with Crippen molar-refractivity contribution in [2.75, 3.05) is 13.1 Å². The summed E-state index contributed by atoms with van der Waals surface area (Å²) in [4.78, 5) is 13.2. The summed E-state index contributed by atoms with van der Waals surface area (Å²) in [6, 6.07) is 0.348. The van der Waals surface area contributed by atoms with E-state index in [0.717, 1.165) is 69.5 Å². The van der Waals surface area contributed by atoms with Crippen LogP contribution >= 0.6 is 0 Å². The van der Waals surface area contributed by atoms with Crippen molar-refractivity contribution < 1.29 is 0 Å². The van der Waals surface area contributed by atoms with Crippen molar-refractivity contribution in [2.24, 2.45) is 4.99 Å². The highest BCUT2D eigenvalue weighted by Gasteiger charge is 2.20. The lowest BCUT2D eigenvalue weighted by Crippen LogP contribution is -2.47. The number of guanidine groups is 1. The van der Waals surface area contributed by atoms with Gasteiger partial charge >= 0.3 is 0 Å². The van der Waals surface area contributed by atoms with E-state index >= 15 is 0 Å². The van der Waals surface area contributed by atoms with Crippen molar-refractivity contribution in [1.82, 2.24) is 34.9 Å². The van der Waals surface area contributed by atoms with Crippen molar-refractivity contribution in [3.8, 4) is 0 Å². The van der Waals surface area contributed by atoms with Crippen LogP contribution < -0.4 is 10.6 Å². The number of aryl methyl sites for hydroxylation is 3. The van der Waals surface area contributed by atoms with Crippen LogP contribution in [0.3, 0.4) is 0 Å². The predicted octanol–water partition coefficient (Wildman–Crippen LogP) is 1.13. The summed E-state index contributed by atoms with van der Waals surface area (Å²) in [5.41, 5.74) is 0. The van der Waals surface area contributed by atoms with Gasteiger partial charge in [0.15, 0.2) is 5.96 Å². The molecule has 0 saturated carbocycles. The van der Waals surface area contributed by atoms with Crippen LogP contribution in [0.15, 0.2) is 23.7 Å². The van der Waals surface area contributed by atoms with E-state index in [2.05, 4.69) is 37.2 Å². The molecule has 0 saturated heterocycles. The van der Waals surface area contributed by atoms with Crippen molar-refractivity contribution in [1.29, 1.82) is 0 Å². The molecule has 0 fully saturated rings. The molecule has 0 spiro atoms. The van der Waals surface area contributed by atoms with Crippen LogP contribution in [0.1, 0.15) is 37.8 Å². The highest BCUT2D eigenvalue weighted by Crippen LogP contribution is 2.11. The smallest absolute Gasteiger partial charge is 0.191 e. The number of aliphatic imine (C=N–C) groups is 1. The number of hydrogen-bond donors (Lipinski definition) is 2. The molecule has 2 N–H and O–H groups in total. The molecule has 1 atom stereocenters. The maximum atomic E-state index is 4.72. The third-order valence-corrected chi connectivity index (χ3v) is 4.49. The van der Waals surface area contributed by atoms with Gasteiger partial charge < -0.3 is 15.2 Å². The Kier molecular flexibility index (Phi) is 6.03. The zero-order chi connectivity index (χ0) is 17.5. The van der Waals surface area contributed by atoms with Crippen molar-refractivity contribution in [3.63, 3.8) is 0 Å². The number of imidazole rings is 1. The van der Waals surface area contributed by atoms with Gasteiger partial charge in [0.2, 0.25) is 0 Å². The summed E-state index contributed by atoms with van der Waals surface area (Å²) >= 11 is 0. The van der Waals surface area contributed by atoms with Crippen molar-refractivity contribution >= 4 is 5.96 Å². The fraction of sp³-hybridized carbons (Fsp3) is 0.647. The summed E-state index contributed by atoms with van der Waals surface area (Å²) in [6.07, 6.45) is 9.71. The maximum absolute atomic E-state index is 4.72. The fourth-order valence-electron chi connectivity index (χ4n) is 3.09. The molecule has 8 nitrogen and oxygen atoms in total. The molecule has 0 amide bonds. The van der Waals surface area contributed by atoms with Gasteiger partial charge in [-0.1, -0.05) is 0 Å². The van der Waals surface area contributed by atoms with E-state index in [-0.39, 0.29) is 0 Å². The van der Waals surface area contributed by atoms with Gasteiger partial charge in [0.25, 0.3) is 0 Å². The molecule has 1 aliphatic rings. The van der Waals surface area contributed by atoms with Gasteiger partial charge in [-0.05, 0) is 33.1 Å². The number of fused-ring (bicyclic) bond motifs is 1. The van der Waals surface area contributed by atoms with E-state index in [1.807, 2.05) is 24.0 Å². The van der Waals surface area contributed by atoms with Crippen LogP contribution in [-0.4, -0.2) is 49.4 Å². The molecule has 3 heterocycles. The lowest BCUT2D eigenvalue weighted by atomic mass is 10.1. The Hall–Kier alpha value is -2.38. The zero-order valence-corrected chi connectivity index (χ0v) is 15.1. The number of nitrogens with one attached hydrogen (secondary N) is 2. The number of unbranched alkanes of at least 4 members (excludes halogenated alkanes) is 1. The molecule has 2 aromatic heterocycles. The minimum atomic E-state index is 0.348. The number of aromatic nitrogens is 5. The largest absolute Gasteiger partial charge is 0.357 e. The Balaban J connectivity index is 1.44. The van der Waals surface area contributed by atoms with Crippen LogP contribution in [0, 0.1) is 6.92 Å². The minimum Gasteiger partial charge on any atom is -0.357 e. The average molecular weight is 344 g/mol. The summed E-state index contributed by atoms with van der Waals surface area (Å²) in [5.74, 6) is 3.05. The monoisotopic (exact) mass is 344 g/mol. The van der Waals surface area contributed by atoms with E-state index in [1.165, 1.54) is 0 Å². The summed E-state index contributed by atoms with van der Waals surface area (Å²) in [6.45, 7) is 7.67. The Morgan fingerprint density at radius 1 is 1.36 bits per heavy atom. The first-order valence-corrected chi connectivity index (χ1v) is 9.15. The lowest BCUT2D eigenvalue weighted by molar-refractivity contribution is 0.392. The van der Waals surface area contributed by atoms with Gasteiger partial charge in [-0.2, -0.15) is 5.10 Å². The molecule has 0 bridgehead atoms. The maximum Gasteiger partial charge on any atom is 0.191 e.